The van der Waals surface area contributed by atoms with E-state index < -0.39 is 41.4 Å². The second-order valence-corrected chi connectivity index (χ2v) is 12.7. The summed E-state index contributed by atoms with van der Waals surface area (Å²) in [4.78, 5) is 27.3. The quantitative estimate of drug-likeness (QED) is 0.137. The van der Waals surface area contributed by atoms with Crippen molar-refractivity contribution in [2.45, 2.75) is 41.6 Å². The molecule has 0 spiro atoms. The topological polar surface area (TPSA) is 121 Å². The molecular formula is C38H38N2O8S. The largest absolute Gasteiger partial charge is 0.497 e. The smallest absolute Gasteiger partial charge is 0.333 e. The van der Waals surface area contributed by atoms with E-state index in [1.54, 1.807) is 14.2 Å². The molecule has 4 aromatic carbocycles. The lowest BCUT2D eigenvalue weighted by Crippen LogP contribution is -2.43. The van der Waals surface area contributed by atoms with Crippen LogP contribution in [0.5, 0.6) is 11.5 Å². The van der Waals surface area contributed by atoms with E-state index in [0.717, 1.165) is 30.7 Å². The standard InChI is InChI=1S/C38H38N2O8S/c1-45-29-17-13-27(14-18-29)38(26-9-5-3-6-10-26,28-15-19-30(46-2)20-16-28)47-25-32-34(42)35(43)36(48-32)40-22-21-33(41)39(37(40)44)23-24-49-31-11-7-4-8-12-31/h3-22,32,34-36,42-43H,23-25H2,1-2H3/t32-,34-,35-,36-/m1/s1. The van der Waals surface area contributed by atoms with Crippen molar-refractivity contribution in [3.05, 3.63) is 159 Å². The van der Waals surface area contributed by atoms with E-state index in [2.05, 4.69) is 0 Å². The van der Waals surface area contributed by atoms with E-state index in [1.165, 1.54) is 24.0 Å². The summed E-state index contributed by atoms with van der Waals surface area (Å²) in [6, 6.07) is 35.7. The lowest BCUT2D eigenvalue weighted by molar-refractivity contribution is -0.0961. The Morgan fingerprint density at radius 3 is 1.86 bits per heavy atom. The normalized spacial score (nSPS) is 19.1. The minimum atomic E-state index is -1.47. The Balaban J connectivity index is 1.30. The zero-order valence-electron chi connectivity index (χ0n) is 27.1. The van der Waals surface area contributed by atoms with E-state index in [1.807, 2.05) is 109 Å². The minimum absolute atomic E-state index is 0.152. The first-order valence-corrected chi connectivity index (χ1v) is 16.8. The van der Waals surface area contributed by atoms with E-state index in [9.17, 15) is 19.8 Å². The molecule has 0 saturated carbocycles. The van der Waals surface area contributed by atoms with Crippen LogP contribution in [0.2, 0.25) is 0 Å². The van der Waals surface area contributed by atoms with Crippen LogP contribution >= 0.6 is 11.8 Å². The molecule has 1 aliphatic heterocycles. The fraction of sp³-hybridized carbons (Fsp3) is 0.263. The SMILES string of the molecule is COc1ccc(C(OC[C@H]2O[C@@H](n3ccc(=O)n(CCSc4ccccc4)c3=O)[C@H](O)[C@@H]2O)(c2ccccc2)c2ccc(OC)cc2)cc1. The van der Waals surface area contributed by atoms with Crippen molar-refractivity contribution in [3.8, 4) is 11.5 Å². The van der Waals surface area contributed by atoms with Crippen LogP contribution in [0.4, 0.5) is 0 Å². The van der Waals surface area contributed by atoms with Crippen molar-refractivity contribution in [1.29, 1.82) is 0 Å². The zero-order chi connectivity index (χ0) is 34.4. The molecule has 0 radical (unpaired) electrons. The van der Waals surface area contributed by atoms with Crippen LogP contribution in [-0.2, 0) is 21.6 Å². The van der Waals surface area contributed by atoms with Crippen molar-refractivity contribution in [1.82, 2.24) is 9.13 Å². The van der Waals surface area contributed by atoms with Gasteiger partial charge in [-0.3, -0.25) is 13.9 Å². The number of aliphatic hydroxyl groups is 2. The van der Waals surface area contributed by atoms with Gasteiger partial charge in [0.25, 0.3) is 5.56 Å². The Bertz CT molecular complexity index is 1880. The van der Waals surface area contributed by atoms with E-state index in [-0.39, 0.29) is 13.2 Å². The molecule has 49 heavy (non-hydrogen) atoms. The summed E-state index contributed by atoms with van der Waals surface area (Å²) in [5.74, 6) is 1.83. The summed E-state index contributed by atoms with van der Waals surface area (Å²) >= 11 is 1.52. The van der Waals surface area contributed by atoms with Gasteiger partial charge in [-0.05, 0) is 53.1 Å². The fourth-order valence-electron chi connectivity index (χ4n) is 6.08. The van der Waals surface area contributed by atoms with Gasteiger partial charge in [0.05, 0.1) is 20.8 Å². The van der Waals surface area contributed by atoms with Gasteiger partial charge >= 0.3 is 5.69 Å². The van der Waals surface area contributed by atoms with E-state index in [4.69, 9.17) is 18.9 Å². The third-order valence-corrected chi connectivity index (χ3v) is 9.66. The van der Waals surface area contributed by atoms with Crippen molar-refractivity contribution < 1.29 is 29.2 Å². The number of thioether (sulfide) groups is 1. The van der Waals surface area contributed by atoms with Crippen LogP contribution in [0, 0.1) is 0 Å². The van der Waals surface area contributed by atoms with Crippen molar-refractivity contribution >= 4 is 11.8 Å². The summed E-state index contributed by atoms with van der Waals surface area (Å²) in [7, 11) is 3.20. The number of methoxy groups -OCH3 is 2. The second kappa shape index (κ2) is 15.3. The number of aromatic nitrogens is 2. The van der Waals surface area contributed by atoms with Crippen LogP contribution in [0.15, 0.2) is 136 Å². The number of hydrogen-bond donors (Lipinski definition) is 2. The molecule has 2 heterocycles. The molecule has 1 aromatic heterocycles. The summed E-state index contributed by atoms with van der Waals surface area (Å²) in [5, 5.41) is 22.4. The van der Waals surface area contributed by atoms with Gasteiger partial charge in [0, 0.05) is 29.5 Å². The Hall–Kier alpha value is -4.65. The van der Waals surface area contributed by atoms with Crippen molar-refractivity contribution in [2.24, 2.45) is 0 Å². The van der Waals surface area contributed by atoms with Gasteiger partial charge in [-0.1, -0.05) is 72.8 Å². The van der Waals surface area contributed by atoms with Crippen LogP contribution in [-0.4, -0.2) is 64.2 Å². The van der Waals surface area contributed by atoms with Gasteiger partial charge < -0.3 is 29.2 Å². The van der Waals surface area contributed by atoms with E-state index >= 15 is 0 Å². The van der Waals surface area contributed by atoms with Gasteiger partial charge in [0.2, 0.25) is 0 Å². The molecule has 1 fully saturated rings. The van der Waals surface area contributed by atoms with Crippen LogP contribution < -0.4 is 20.7 Å². The molecule has 254 valence electrons. The molecule has 10 nitrogen and oxygen atoms in total. The molecule has 0 unspecified atom stereocenters. The molecule has 4 atom stereocenters. The number of nitrogens with zero attached hydrogens (tertiary/aromatic N) is 2. The van der Waals surface area contributed by atoms with Crippen molar-refractivity contribution in [3.63, 3.8) is 0 Å². The molecule has 2 N–H and O–H groups in total. The van der Waals surface area contributed by atoms with Gasteiger partial charge in [-0.25, -0.2) is 4.79 Å². The Morgan fingerprint density at radius 2 is 1.29 bits per heavy atom. The van der Waals surface area contributed by atoms with Gasteiger partial charge in [0.1, 0.15) is 35.4 Å². The van der Waals surface area contributed by atoms with Gasteiger partial charge in [-0.2, -0.15) is 0 Å². The Kier molecular flexibility index (Phi) is 10.7. The van der Waals surface area contributed by atoms with Crippen molar-refractivity contribution in [2.75, 3.05) is 26.6 Å². The highest BCUT2D eigenvalue weighted by Gasteiger charge is 2.47. The molecule has 11 heteroatoms. The maximum Gasteiger partial charge on any atom is 0.333 e. The summed E-state index contributed by atoms with van der Waals surface area (Å²) in [5.41, 5.74) is 0.0822. The molecule has 0 amide bonds. The average Bonchev–Trinajstić information content (AvgIpc) is 3.43. The average molecular weight is 683 g/mol. The highest BCUT2D eigenvalue weighted by molar-refractivity contribution is 7.99. The highest BCUT2D eigenvalue weighted by atomic mass is 32.2. The number of hydrogen-bond acceptors (Lipinski definition) is 9. The lowest BCUT2D eigenvalue weighted by atomic mass is 9.80. The first-order valence-electron chi connectivity index (χ1n) is 15.9. The maximum atomic E-state index is 13.5. The molecule has 1 aliphatic rings. The Morgan fingerprint density at radius 1 is 0.735 bits per heavy atom. The van der Waals surface area contributed by atoms with Gasteiger partial charge in [-0.15, -0.1) is 11.8 Å². The third-order valence-electron chi connectivity index (χ3n) is 8.67. The predicted octanol–water partition coefficient (Wildman–Crippen LogP) is 4.45. The van der Waals surface area contributed by atoms with Crippen LogP contribution in [0.1, 0.15) is 22.9 Å². The molecule has 6 rings (SSSR count). The molecule has 1 saturated heterocycles. The van der Waals surface area contributed by atoms with Crippen LogP contribution in [0.3, 0.4) is 0 Å². The first-order chi connectivity index (χ1) is 23.8. The zero-order valence-corrected chi connectivity index (χ0v) is 27.9. The maximum absolute atomic E-state index is 13.5. The first kappa shape index (κ1) is 34.2. The summed E-state index contributed by atoms with van der Waals surface area (Å²) in [6.45, 7) is -0.0108. The lowest BCUT2D eigenvalue weighted by Gasteiger charge is -2.37. The molecular weight excluding hydrogens is 644 g/mol. The number of benzene rings is 4. The third kappa shape index (κ3) is 7.08. The highest BCUT2D eigenvalue weighted by Crippen LogP contribution is 2.42. The molecule has 5 aromatic rings. The summed E-state index contributed by atoms with van der Waals surface area (Å²) < 4.78 is 26.1. The number of aliphatic hydroxyl groups excluding tert-OH is 2. The molecule has 0 aliphatic carbocycles. The van der Waals surface area contributed by atoms with E-state index in [0.29, 0.717) is 17.3 Å². The number of ether oxygens (including phenoxy) is 4. The van der Waals surface area contributed by atoms with Gasteiger partial charge in [0.15, 0.2) is 6.23 Å². The fourth-order valence-corrected chi connectivity index (χ4v) is 6.94. The van der Waals surface area contributed by atoms with Crippen LogP contribution in [0.25, 0.3) is 0 Å². The predicted molar refractivity (Wildman–Crippen MR) is 186 cm³/mol. The Labute approximate surface area is 288 Å². The monoisotopic (exact) mass is 682 g/mol. The number of rotatable bonds is 13. The summed E-state index contributed by atoms with van der Waals surface area (Å²) in [6.07, 6.45) is -3.85. The minimum Gasteiger partial charge on any atom is -0.497 e. The second-order valence-electron chi connectivity index (χ2n) is 11.5. The molecule has 0 bridgehead atoms.